The lowest BCUT2D eigenvalue weighted by Gasteiger charge is -2.42. The van der Waals surface area contributed by atoms with E-state index in [9.17, 15) is 9.59 Å². The predicted octanol–water partition coefficient (Wildman–Crippen LogP) is 5.05. The largest absolute Gasteiger partial charge is 0.436 e. The average Bonchev–Trinajstić information content (AvgIpc) is 3.55. The number of fused-ring (bicyclic) bond motifs is 3. The standard InChI is InChI=1S/C26H27N3O3/c1-27-26(16-17-26)28-23(30)25(14-8-3-9-15-25)29(2)24(31)32-22-20-12-6-4-10-18(20)19-11-5-7-13-21(19)22/h4-7,10-13,22H,3,8-9,14-17H2,2H3,(H,28,30). The second-order valence-corrected chi connectivity index (χ2v) is 9.19. The highest BCUT2D eigenvalue weighted by Gasteiger charge is 2.57. The summed E-state index contributed by atoms with van der Waals surface area (Å²) in [4.78, 5) is 32.0. The highest BCUT2D eigenvalue weighted by atomic mass is 16.6. The van der Waals surface area contributed by atoms with Crippen molar-refractivity contribution < 1.29 is 14.3 Å². The summed E-state index contributed by atoms with van der Waals surface area (Å²) in [5.74, 6) is -0.225. The van der Waals surface area contributed by atoms with Gasteiger partial charge in [0.15, 0.2) is 6.10 Å². The van der Waals surface area contributed by atoms with Gasteiger partial charge in [-0.3, -0.25) is 19.9 Å². The van der Waals surface area contributed by atoms with E-state index < -0.39 is 23.4 Å². The van der Waals surface area contributed by atoms with E-state index in [1.807, 2.05) is 48.5 Å². The molecule has 0 radical (unpaired) electrons. The van der Waals surface area contributed by atoms with Gasteiger partial charge in [0, 0.05) is 18.2 Å². The van der Waals surface area contributed by atoms with Crippen LogP contribution in [0.3, 0.4) is 0 Å². The first-order valence-electron chi connectivity index (χ1n) is 11.3. The summed E-state index contributed by atoms with van der Waals surface area (Å²) in [5.41, 5.74) is 2.30. The van der Waals surface area contributed by atoms with Gasteiger partial charge in [0.05, 0.1) is 12.8 Å². The first-order chi connectivity index (χ1) is 15.5. The Morgan fingerprint density at radius 1 is 0.969 bits per heavy atom. The van der Waals surface area contributed by atoms with Crippen molar-refractivity contribution in [3.63, 3.8) is 0 Å². The Hall–Kier alpha value is -3.33. The Morgan fingerprint density at radius 3 is 2.06 bits per heavy atom. The predicted molar refractivity (Wildman–Crippen MR) is 120 cm³/mol. The van der Waals surface area contributed by atoms with Crippen molar-refractivity contribution in [3.05, 3.63) is 71.1 Å². The molecule has 0 spiro atoms. The van der Waals surface area contributed by atoms with Crippen LogP contribution in [0.2, 0.25) is 0 Å². The molecule has 0 bridgehead atoms. The molecule has 2 aromatic rings. The zero-order valence-corrected chi connectivity index (χ0v) is 18.3. The van der Waals surface area contributed by atoms with Crippen LogP contribution in [-0.2, 0) is 9.53 Å². The number of benzene rings is 2. The first kappa shape index (κ1) is 20.6. The lowest BCUT2D eigenvalue weighted by atomic mass is 9.79. The normalized spacial score (nSPS) is 19.8. The van der Waals surface area contributed by atoms with Gasteiger partial charge in [-0.2, -0.15) is 0 Å². The Labute approximate surface area is 188 Å². The molecule has 0 aliphatic heterocycles. The molecule has 32 heavy (non-hydrogen) atoms. The van der Waals surface area contributed by atoms with Crippen LogP contribution in [0.5, 0.6) is 0 Å². The van der Waals surface area contributed by atoms with Gasteiger partial charge in [0.2, 0.25) is 0 Å². The fourth-order valence-electron chi connectivity index (χ4n) is 5.15. The summed E-state index contributed by atoms with van der Waals surface area (Å²) in [5, 5.41) is 2.95. The van der Waals surface area contributed by atoms with Gasteiger partial charge in [0.25, 0.3) is 5.91 Å². The van der Waals surface area contributed by atoms with Crippen LogP contribution in [0, 0.1) is 6.57 Å². The summed E-state index contributed by atoms with van der Waals surface area (Å²) in [7, 11) is 1.66. The number of rotatable bonds is 4. The average molecular weight is 430 g/mol. The van der Waals surface area contributed by atoms with E-state index >= 15 is 0 Å². The highest BCUT2D eigenvalue weighted by molar-refractivity contribution is 5.91. The summed E-state index contributed by atoms with van der Waals surface area (Å²) in [6, 6.07) is 15.9. The monoisotopic (exact) mass is 429 g/mol. The van der Waals surface area contributed by atoms with E-state index in [1.165, 1.54) is 4.90 Å². The van der Waals surface area contributed by atoms with Gasteiger partial charge in [-0.1, -0.05) is 67.8 Å². The van der Waals surface area contributed by atoms with E-state index in [2.05, 4.69) is 10.2 Å². The van der Waals surface area contributed by atoms with Crippen LogP contribution in [0.15, 0.2) is 48.5 Å². The van der Waals surface area contributed by atoms with Crippen molar-refractivity contribution in [2.24, 2.45) is 0 Å². The third-order valence-electron chi connectivity index (χ3n) is 7.30. The van der Waals surface area contributed by atoms with E-state index in [-0.39, 0.29) is 5.91 Å². The van der Waals surface area contributed by atoms with Crippen molar-refractivity contribution in [2.45, 2.75) is 62.3 Å². The lowest BCUT2D eigenvalue weighted by molar-refractivity contribution is -0.135. The van der Waals surface area contributed by atoms with E-state index in [1.54, 1.807) is 7.05 Å². The Morgan fingerprint density at radius 2 is 1.53 bits per heavy atom. The molecule has 0 saturated heterocycles. The van der Waals surface area contributed by atoms with Gasteiger partial charge >= 0.3 is 11.8 Å². The molecule has 2 fully saturated rings. The number of ether oxygens (including phenoxy) is 1. The fraction of sp³-hybridized carbons (Fsp3) is 0.423. The quantitative estimate of drug-likeness (QED) is 0.692. The van der Waals surface area contributed by atoms with Crippen LogP contribution in [0.25, 0.3) is 16.0 Å². The summed E-state index contributed by atoms with van der Waals surface area (Å²) < 4.78 is 6.07. The summed E-state index contributed by atoms with van der Waals surface area (Å²) in [6.07, 6.45) is 4.26. The molecule has 0 unspecified atom stereocenters. The van der Waals surface area contributed by atoms with Gasteiger partial charge in [-0.25, -0.2) is 11.4 Å². The smallest absolute Gasteiger partial charge is 0.411 e. The maximum absolute atomic E-state index is 13.4. The maximum Gasteiger partial charge on any atom is 0.411 e. The number of hydrogen-bond donors (Lipinski definition) is 1. The number of likely N-dealkylation sites (N-methyl/N-ethyl adjacent to an activating group) is 1. The third-order valence-corrected chi connectivity index (χ3v) is 7.30. The van der Waals surface area contributed by atoms with Crippen LogP contribution in [-0.4, -0.2) is 35.1 Å². The van der Waals surface area contributed by atoms with Crippen molar-refractivity contribution in [1.29, 1.82) is 0 Å². The van der Waals surface area contributed by atoms with Gasteiger partial charge < -0.3 is 4.74 Å². The molecule has 3 aliphatic rings. The topological polar surface area (TPSA) is 63.0 Å². The fourth-order valence-corrected chi connectivity index (χ4v) is 5.15. The minimum absolute atomic E-state index is 0.225. The van der Waals surface area contributed by atoms with Crippen molar-refractivity contribution in [1.82, 2.24) is 10.2 Å². The Kier molecular flexibility index (Phi) is 4.93. The second-order valence-electron chi connectivity index (χ2n) is 9.19. The number of nitrogens with zero attached hydrogens (tertiary/aromatic N) is 2. The SMILES string of the molecule is [C-]#[N+]C1(NC(=O)C2(N(C)C(=O)OC3c4ccccc4-c4ccccc43)CCCCC2)CC1. The molecule has 164 valence electrons. The number of carbonyl (C=O) groups is 2. The zero-order valence-electron chi connectivity index (χ0n) is 18.3. The first-order valence-corrected chi connectivity index (χ1v) is 11.3. The molecule has 0 aromatic heterocycles. The highest BCUT2D eigenvalue weighted by Crippen LogP contribution is 2.46. The van der Waals surface area contributed by atoms with Crippen molar-refractivity contribution >= 4 is 12.0 Å². The van der Waals surface area contributed by atoms with Gasteiger partial charge in [0.1, 0.15) is 5.54 Å². The molecular weight excluding hydrogens is 402 g/mol. The molecule has 2 amide bonds. The number of amides is 2. The van der Waals surface area contributed by atoms with Crippen LogP contribution >= 0.6 is 0 Å². The summed E-state index contributed by atoms with van der Waals surface area (Å²) >= 11 is 0. The van der Waals surface area contributed by atoms with E-state index in [0.717, 1.165) is 41.5 Å². The number of nitrogens with one attached hydrogen (secondary N) is 1. The van der Waals surface area contributed by atoms with Gasteiger partial charge in [-0.05, 0) is 24.0 Å². The van der Waals surface area contributed by atoms with Crippen LogP contribution in [0.1, 0.15) is 62.2 Å². The minimum atomic E-state index is -0.979. The zero-order chi connectivity index (χ0) is 22.3. The molecule has 0 atom stereocenters. The minimum Gasteiger partial charge on any atom is -0.436 e. The Balaban J connectivity index is 1.42. The molecular formula is C26H27N3O3. The molecule has 5 rings (SSSR count). The molecule has 1 N–H and O–H groups in total. The molecule has 2 aromatic carbocycles. The third kappa shape index (κ3) is 3.24. The molecule has 0 heterocycles. The number of hydrogen-bond acceptors (Lipinski definition) is 3. The van der Waals surface area contributed by atoms with Crippen molar-refractivity contribution in [2.75, 3.05) is 7.05 Å². The lowest BCUT2D eigenvalue weighted by Crippen LogP contribution is -2.61. The van der Waals surface area contributed by atoms with Crippen LogP contribution in [0.4, 0.5) is 4.79 Å². The number of carbonyl (C=O) groups excluding carboxylic acids is 2. The van der Waals surface area contributed by atoms with E-state index in [4.69, 9.17) is 11.3 Å². The van der Waals surface area contributed by atoms with Crippen molar-refractivity contribution in [3.8, 4) is 11.1 Å². The molecule has 2 saturated carbocycles. The summed E-state index contributed by atoms with van der Waals surface area (Å²) in [6.45, 7) is 7.42. The van der Waals surface area contributed by atoms with Gasteiger partial charge in [-0.15, -0.1) is 0 Å². The molecule has 3 aliphatic carbocycles. The second kappa shape index (κ2) is 7.67. The van der Waals surface area contributed by atoms with E-state index in [0.29, 0.717) is 25.7 Å². The maximum atomic E-state index is 13.4. The molecule has 6 nitrogen and oxygen atoms in total. The van der Waals surface area contributed by atoms with Crippen LogP contribution < -0.4 is 5.32 Å². The Bertz CT molecular complexity index is 1060. The molecule has 6 heteroatoms.